The second-order valence-electron chi connectivity index (χ2n) is 16.6. The zero-order chi connectivity index (χ0) is 45.4. The Labute approximate surface area is 345 Å². The van der Waals surface area contributed by atoms with E-state index in [1.165, 1.54) is 21.0 Å². The van der Waals surface area contributed by atoms with Crippen molar-refractivity contribution < 1.29 is 86.1 Å². The molecule has 20 nitrogen and oxygen atoms in total. The fourth-order valence-electron chi connectivity index (χ4n) is 5.21. The molecule has 20 heteroatoms. The second-order valence-corrected chi connectivity index (χ2v) is 16.6. The van der Waals surface area contributed by atoms with Crippen LogP contribution in [0.5, 0.6) is 0 Å². The maximum absolute atomic E-state index is 12.7. The molecule has 0 aliphatic carbocycles. The molecule has 0 aromatic rings. The van der Waals surface area contributed by atoms with Crippen LogP contribution in [0.2, 0.25) is 0 Å². The van der Waals surface area contributed by atoms with E-state index in [1.54, 1.807) is 69.2 Å². The number of ether oxygens (including phenoxy) is 9. The molecule has 338 valence electrons. The Balaban J connectivity index is 0.000000590. The number of nitrogens with one attached hydrogen (secondary N) is 2. The first-order valence-corrected chi connectivity index (χ1v) is 19.4. The molecule has 0 radical (unpaired) electrons. The van der Waals surface area contributed by atoms with Gasteiger partial charge in [-0.2, -0.15) is 0 Å². The van der Waals surface area contributed by atoms with E-state index in [0.717, 1.165) is 0 Å². The summed E-state index contributed by atoms with van der Waals surface area (Å²) in [6.45, 7) is 18.4. The van der Waals surface area contributed by atoms with Crippen molar-refractivity contribution in [3.63, 3.8) is 0 Å². The highest BCUT2D eigenvalue weighted by atomic mass is 16.6. The van der Waals surface area contributed by atoms with E-state index < -0.39 is 133 Å². The number of carbonyl (C=O) groups is 8. The van der Waals surface area contributed by atoms with Gasteiger partial charge >= 0.3 is 48.0 Å². The molecule has 2 saturated heterocycles. The van der Waals surface area contributed by atoms with Crippen molar-refractivity contribution in [3.05, 3.63) is 0 Å². The number of carbonyl (C=O) groups excluding carboxylic acids is 8. The minimum absolute atomic E-state index is 0.0546. The summed E-state index contributed by atoms with van der Waals surface area (Å²) < 4.78 is 47.3. The number of cyclic esters (lactones) is 4. The molecule has 2 aliphatic rings. The van der Waals surface area contributed by atoms with Crippen LogP contribution >= 0.6 is 0 Å². The number of amides is 2. The quantitative estimate of drug-likeness (QED) is 0.199. The maximum Gasteiger partial charge on any atom is 0.408 e. The summed E-state index contributed by atoms with van der Waals surface area (Å²) in [4.78, 5) is 98.6. The molecule has 59 heavy (non-hydrogen) atoms. The highest BCUT2D eigenvalue weighted by Gasteiger charge is 2.44. The molecule has 2 amide bonds. The van der Waals surface area contributed by atoms with Crippen LogP contribution in [-0.4, -0.2) is 134 Å². The van der Waals surface area contributed by atoms with Gasteiger partial charge in [0.15, 0.2) is 24.3 Å². The van der Waals surface area contributed by atoms with Gasteiger partial charge in [-0.25, -0.2) is 19.2 Å². The molecule has 0 unspecified atom stereocenters. The molecule has 0 aromatic heterocycles. The molecule has 2 aliphatic heterocycles. The Bertz CT molecular complexity index is 1450. The van der Waals surface area contributed by atoms with Crippen LogP contribution in [-0.2, 0) is 71.4 Å². The zero-order valence-corrected chi connectivity index (χ0v) is 36.4. The fourth-order valence-corrected chi connectivity index (χ4v) is 5.21. The van der Waals surface area contributed by atoms with E-state index in [-0.39, 0.29) is 26.1 Å². The molecule has 2 rings (SSSR count). The van der Waals surface area contributed by atoms with Crippen LogP contribution < -0.4 is 10.6 Å². The van der Waals surface area contributed by atoms with Gasteiger partial charge in [0.25, 0.3) is 0 Å². The molecule has 8 atom stereocenters. The normalized spacial score (nSPS) is 25.6. The highest BCUT2D eigenvalue weighted by molar-refractivity contribution is 5.84. The van der Waals surface area contributed by atoms with Gasteiger partial charge in [-0.1, -0.05) is 27.7 Å². The first kappa shape index (κ1) is 52.3. The van der Waals surface area contributed by atoms with Crippen molar-refractivity contribution in [1.82, 2.24) is 10.6 Å². The summed E-state index contributed by atoms with van der Waals surface area (Å²) in [6.07, 6.45) is -5.78. The molecular weight excluding hydrogens is 784 g/mol. The zero-order valence-electron chi connectivity index (χ0n) is 36.4. The van der Waals surface area contributed by atoms with Crippen LogP contribution in [0.1, 0.15) is 95.9 Å². The summed E-state index contributed by atoms with van der Waals surface area (Å²) in [5, 5.41) is 14.0. The Morgan fingerprint density at radius 2 is 1.02 bits per heavy atom. The lowest BCUT2D eigenvalue weighted by atomic mass is 9.95. The molecule has 2 heterocycles. The standard InChI is InChI=1S/C20H33NO9.C19H31NO9/c1-11(2)16(22)29-15-12(3)28-18(24)14(21-19(25)30-20(4,5)6)10-27-17(23)13(15)8-9-26-7;1-10(2)15(22)28-14-11(3)27-17(24)13(20-18(25)29-19(4,5)6)9-26-16(23)12(14)7-8-21/h11-15H,8-10H2,1-7H3,(H,21,25);10-14,21H,7-9H2,1-6H3,(H,20,25)/t12-,13+,14-,15-;11-,12+,13-,14-/m00/s1. The summed E-state index contributed by atoms with van der Waals surface area (Å²) in [5.41, 5.74) is -1.57. The predicted octanol–water partition coefficient (Wildman–Crippen LogP) is 2.52. The molecular formula is C39H64N2O18. The number of esters is 6. The number of aliphatic hydroxyl groups is 1. The summed E-state index contributed by atoms with van der Waals surface area (Å²) in [7, 11) is 1.47. The molecule has 2 fully saturated rings. The second kappa shape index (κ2) is 23.8. The SMILES string of the molecule is CC(C)C(=O)O[C@H]1[C@H](C)OC(=O)[C@@H](NC(=O)OC(C)(C)C)COC(=O)[C@@H]1CCO.COCC[C@H]1C(=O)OC[C@H](NC(=O)OC(C)(C)C)C(=O)O[C@@H](C)[C@@H]1OC(=O)C(C)C. The van der Waals surface area contributed by atoms with Crippen molar-refractivity contribution in [2.24, 2.45) is 23.7 Å². The Morgan fingerprint density at radius 3 is 1.32 bits per heavy atom. The smallest absolute Gasteiger partial charge is 0.408 e. The molecule has 0 bridgehead atoms. The van der Waals surface area contributed by atoms with Gasteiger partial charge in [0.05, 0.1) is 23.7 Å². The summed E-state index contributed by atoms with van der Waals surface area (Å²) >= 11 is 0. The van der Waals surface area contributed by atoms with Crippen LogP contribution in [0, 0.1) is 23.7 Å². The van der Waals surface area contributed by atoms with E-state index in [2.05, 4.69) is 10.6 Å². The Hall–Kier alpha value is -4.72. The largest absolute Gasteiger partial charge is 0.463 e. The van der Waals surface area contributed by atoms with Gasteiger partial charge in [-0.05, 0) is 68.2 Å². The molecule has 3 N–H and O–H groups in total. The fraction of sp³-hybridized carbons (Fsp3) is 0.795. The first-order chi connectivity index (χ1) is 27.2. The number of hydrogen-bond donors (Lipinski definition) is 3. The van der Waals surface area contributed by atoms with E-state index in [4.69, 9.17) is 42.6 Å². The lowest BCUT2D eigenvalue weighted by Gasteiger charge is -2.29. The lowest BCUT2D eigenvalue weighted by molar-refractivity contribution is -0.177. The predicted molar refractivity (Wildman–Crippen MR) is 204 cm³/mol. The van der Waals surface area contributed by atoms with Crippen molar-refractivity contribution in [1.29, 1.82) is 0 Å². The van der Waals surface area contributed by atoms with Gasteiger partial charge in [-0.15, -0.1) is 0 Å². The molecule has 0 spiro atoms. The number of rotatable bonds is 11. The third kappa shape index (κ3) is 18.8. The summed E-state index contributed by atoms with van der Waals surface area (Å²) in [5.74, 6) is -7.15. The van der Waals surface area contributed by atoms with Gasteiger partial charge in [-0.3, -0.25) is 19.2 Å². The van der Waals surface area contributed by atoms with Gasteiger partial charge in [0.1, 0.15) is 36.6 Å². The number of hydrogen-bond acceptors (Lipinski definition) is 18. The third-order valence-electron chi connectivity index (χ3n) is 8.18. The average Bonchev–Trinajstić information content (AvgIpc) is 3.15. The Kier molecular flexibility index (Phi) is 21.1. The van der Waals surface area contributed by atoms with Crippen molar-refractivity contribution in [2.45, 2.75) is 144 Å². The average molecular weight is 849 g/mol. The van der Waals surface area contributed by atoms with E-state index in [1.807, 2.05) is 0 Å². The van der Waals surface area contributed by atoms with Crippen molar-refractivity contribution in [2.75, 3.05) is 33.5 Å². The van der Waals surface area contributed by atoms with Gasteiger partial charge < -0.3 is 58.4 Å². The summed E-state index contributed by atoms with van der Waals surface area (Å²) in [6, 6.07) is -2.57. The number of alkyl carbamates (subject to hydrolysis) is 2. The van der Waals surface area contributed by atoms with E-state index >= 15 is 0 Å². The van der Waals surface area contributed by atoms with Crippen LogP contribution in [0.3, 0.4) is 0 Å². The lowest BCUT2D eigenvalue weighted by Crippen LogP contribution is -2.48. The van der Waals surface area contributed by atoms with E-state index in [0.29, 0.717) is 0 Å². The van der Waals surface area contributed by atoms with E-state index in [9.17, 15) is 43.5 Å². The maximum atomic E-state index is 12.7. The van der Waals surface area contributed by atoms with Crippen molar-refractivity contribution >= 4 is 48.0 Å². The van der Waals surface area contributed by atoms with Crippen LogP contribution in [0.25, 0.3) is 0 Å². The van der Waals surface area contributed by atoms with Gasteiger partial charge in [0.2, 0.25) is 0 Å². The van der Waals surface area contributed by atoms with Gasteiger partial charge in [0, 0.05) is 20.3 Å². The highest BCUT2D eigenvalue weighted by Crippen LogP contribution is 2.25. The molecule has 0 saturated carbocycles. The minimum Gasteiger partial charge on any atom is -0.463 e. The Morgan fingerprint density at radius 1 is 0.661 bits per heavy atom. The number of aliphatic hydroxyl groups excluding tert-OH is 1. The topological polar surface area (TPSA) is 264 Å². The first-order valence-electron chi connectivity index (χ1n) is 19.4. The van der Waals surface area contributed by atoms with Crippen LogP contribution in [0.4, 0.5) is 9.59 Å². The third-order valence-corrected chi connectivity index (χ3v) is 8.18. The minimum atomic E-state index is -1.30. The number of methoxy groups -OCH3 is 1. The van der Waals surface area contributed by atoms with Crippen molar-refractivity contribution in [3.8, 4) is 0 Å². The monoisotopic (exact) mass is 848 g/mol. The van der Waals surface area contributed by atoms with Crippen LogP contribution in [0.15, 0.2) is 0 Å². The molecule has 0 aromatic carbocycles.